The molecule has 0 aromatic carbocycles. The largest absolute Gasteiger partial charge is 0.472 e. The highest BCUT2D eigenvalue weighted by Crippen LogP contribution is 2.80. The standard InChI is InChI=1S/C25H32O11/c1-19-11(10-5-6-33-9-10)7-13-25(19,34-13)21(3,30)15-14(16(19)27)35-23(31)8-12(26)22(4)24(32,20(15,23)2)17(28)18(29)36-22/h5-6,9,11-17,26-28,30-32H,7-8H2,1-4H3. The molecule has 14 unspecified atom stereocenters. The molecule has 11 heteroatoms. The van der Waals surface area contributed by atoms with Gasteiger partial charge in [0.05, 0.1) is 36.3 Å². The number of carbonyl (C=O) groups is 1. The number of ether oxygens (including phenoxy) is 3. The third-order valence-electron chi connectivity index (χ3n) is 11.6. The van der Waals surface area contributed by atoms with Gasteiger partial charge in [0.2, 0.25) is 0 Å². The second-order valence-corrected chi connectivity index (χ2v) is 12.5. The van der Waals surface area contributed by atoms with Crippen molar-refractivity contribution in [2.24, 2.45) is 16.7 Å². The van der Waals surface area contributed by atoms with Crippen LogP contribution in [0.15, 0.2) is 23.0 Å². The van der Waals surface area contributed by atoms with E-state index in [1.807, 2.05) is 6.92 Å². The van der Waals surface area contributed by atoms with Gasteiger partial charge in [0.1, 0.15) is 17.3 Å². The molecule has 6 N–H and O–H groups in total. The van der Waals surface area contributed by atoms with Gasteiger partial charge in [-0.3, -0.25) is 0 Å². The Hall–Kier alpha value is -1.57. The molecule has 1 aromatic heterocycles. The molecule has 14 atom stereocenters. The molecule has 0 bridgehead atoms. The van der Waals surface area contributed by atoms with Crippen molar-refractivity contribution in [1.29, 1.82) is 0 Å². The molecule has 4 heterocycles. The van der Waals surface area contributed by atoms with Gasteiger partial charge in [-0.25, -0.2) is 4.79 Å². The van der Waals surface area contributed by atoms with E-state index in [9.17, 15) is 35.4 Å². The predicted octanol–water partition coefficient (Wildman–Crippen LogP) is -1.08. The predicted molar refractivity (Wildman–Crippen MR) is 116 cm³/mol. The number of fused-ring (bicyclic) bond motifs is 5. The first-order chi connectivity index (χ1) is 16.6. The Kier molecular flexibility index (Phi) is 3.94. The van der Waals surface area contributed by atoms with E-state index in [1.54, 1.807) is 12.3 Å². The summed E-state index contributed by atoms with van der Waals surface area (Å²) in [5.41, 5.74) is -9.93. The van der Waals surface area contributed by atoms with Crippen LogP contribution in [0.4, 0.5) is 0 Å². The Bertz CT molecular complexity index is 1170. The highest BCUT2D eigenvalue weighted by Gasteiger charge is 2.95. The second kappa shape index (κ2) is 6.02. The fourth-order valence-electron chi connectivity index (χ4n) is 9.81. The lowest BCUT2D eigenvalue weighted by Gasteiger charge is -2.64. The van der Waals surface area contributed by atoms with Crippen molar-refractivity contribution in [2.75, 3.05) is 0 Å². The van der Waals surface area contributed by atoms with Gasteiger partial charge in [-0.2, -0.15) is 0 Å². The molecule has 3 saturated carbocycles. The summed E-state index contributed by atoms with van der Waals surface area (Å²) < 4.78 is 23.0. The fourth-order valence-corrected chi connectivity index (χ4v) is 9.81. The second-order valence-electron chi connectivity index (χ2n) is 12.5. The van der Waals surface area contributed by atoms with Gasteiger partial charge in [-0.05, 0) is 31.9 Å². The SMILES string of the molecule is CC1(O)C2C(OC3(O)CC(O)C4(C)OC(=O)C(O)C4(O)C23C)C(O)C2(C)C(c3ccoc3)CC3OC312. The molecule has 1 aromatic rings. The number of carbonyl (C=O) groups excluding carboxylic acids is 1. The molecule has 7 rings (SSSR count). The lowest BCUT2D eigenvalue weighted by Crippen LogP contribution is -2.82. The lowest BCUT2D eigenvalue weighted by molar-refractivity contribution is -0.366. The van der Waals surface area contributed by atoms with Crippen LogP contribution in [0.5, 0.6) is 0 Å². The molecule has 6 aliphatic rings. The monoisotopic (exact) mass is 508 g/mol. The van der Waals surface area contributed by atoms with E-state index in [4.69, 9.17) is 18.6 Å². The highest BCUT2D eigenvalue weighted by molar-refractivity contribution is 5.81. The first-order valence-electron chi connectivity index (χ1n) is 12.4. The van der Waals surface area contributed by atoms with Crippen LogP contribution >= 0.6 is 0 Å². The zero-order chi connectivity index (χ0) is 26.1. The average Bonchev–Trinajstić information content (AvgIpc) is 3.04. The van der Waals surface area contributed by atoms with Crippen molar-refractivity contribution in [2.45, 2.75) is 105 Å². The van der Waals surface area contributed by atoms with Crippen LogP contribution in [0.1, 0.15) is 52.0 Å². The van der Waals surface area contributed by atoms with Crippen molar-refractivity contribution in [3.8, 4) is 0 Å². The normalized spacial score (nSPS) is 64.7. The molecule has 0 radical (unpaired) electrons. The number of furan rings is 1. The van der Waals surface area contributed by atoms with Crippen LogP contribution in [0.2, 0.25) is 0 Å². The summed E-state index contributed by atoms with van der Waals surface area (Å²) in [5, 5.41) is 70.5. The Labute approximate surface area is 206 Å². The van der Waals surface area contributed by atoms with Crippen LogP contribution in [-0.2, 0) is 19.0 Å². The summed E-state index contributed by atoms with van der Waals surface area (Å²) >= 11 is 0. The summed E-state index contributed by atoms with van der Waals surface area (Å²) in [7, 11) is 0. The first-order valence-corrected chi connectivity index (χ1v) is 12.4. The van der Waals surface area contributed by atoms with Crippen LogP contribution < -0.4 is 0 Å². The van der Waals surface area contributed by atoms with Gasteiger partial charge < -0.3 is 49.3 Å². The van der Waals surface area contributed by atoms with Crippen molar-refractivity contribution in [3.63, 3.8) is 0 Å². The zero-order valence-electron chi connectivity index (χ0n) is 20.4. The minimum absolute atomic E-state index is 0.271. The van der Waals surface area contributed by atoms with Gasteiger partial charge >= 0.3 is 5.97 Å². The molecule has 3 saturated heterocycles. The molecular weight excluding hydrogens is 476 g/mol. The Morgan fingerprint density at radius 1 is 1.03 bits per heavy atom. The van der Waals surface area contributed by atoms with Gasteiger partial charge in [-0.15, -0.1) is 0 Å². The minimum Gasteiger partial charge on any atom is -0.472 e. The van der Waals surface area contributed by atoms with Gasteiger partial charge in [0.15, 0.2) is 23.1 Å². The highest BCUT2D eigenvalue weighted by atomic mass is 16.7. The molecular formula is C25H32O11. The third-order valence-corrected chi connectivity index (χ3v) is 11.6. The smallest absolute Gasteiger partial charge is 0.338 e. The van der Waals surface area contributed by atoms with E-state index in [1.165, 1.54) is 27.0 Å². The average molecular weight is 509 g/mol. The van der Waals surface area contributed by atoms with E-state index in [-0.39, 0.29) is 5.92 Å². The number of rotatable bonds is 1. The summed E-state index contributed by atoms with van der Waals surface area (Å²) in [4.78, 5) is 12.6. The number of esters is 1. The van der Waals surface area contributed by atoms with Gasteiger partial charge in [0, 0.05) is 23.7 Å². The topological polar surface area (TPSA) is 183 Å². The van der Waals surface area contributed by atoms with Crippen molar-refractivity contribution >= 4 is 5.97 Å². The van der Waals surface area contributed by atoms with E-state index >= 15 is 0 Å². The molecule has 1 spiro atoms. The van der Waals surface area contributed by atoms with Crippen molar-refractivity contribution in [1.82, 2.24) is 0 Å². The van der Waals surface area contributed by atoms with E-state index in [0.29, 0.717) is 6.42 Å². The summed E-state index contributed by atoms with van der Waals surface area (Å²) in [6, 6.07) is 1.80. The zero-order valence-corrected chi connectivity index (χ0v) is 20.4. The van der Waals surface area contributed by atoms with Gasteiger partial charge in [-0.1, -0.05) is 13.8 Å². The minimum atomic E-state index is -2.58. The number of hydrogen-bond acceptors (Lipinski definition) is 11. The molecule has 198 valence electrons. The maximum Gasteiger partial charge on any atom is 0.338 e. The number of epoxide rings is 1. The molecule has 6 fully saturated rings. The number of hydrogen-bond donors (Lipinski definition) is 6. The van der Waals surface area contributed by atoms with Crippen LogP contribution in [0, 0.1) is 16.7 Å². The lowest BCUT2D eigenvalue weighted by atomic mass is 9.42. The van der Waals surface area contributed by atoms with Gasteiger partial charge in [0.25, 0.3) is 0 Å². The fraction of sp³-hybridized carbons (Fsp3) is 0.800. The Morgan fingerprint density at radius 3 is 2.36 bits per heavy atom. The first kappa shape index (κ1) is 23.5. The van der Waals surface area contributed by atoms with Crippen molar-refractivity contribution < 1.29 is 54.1 Å². The Balaban J connectivity index is 1.46. The maximum absolute atomic E-state index is 12.6. The van der Waals surface area contributed by atoms with E-state index in [2.05, 4.69) is 0 Å². The van der Waals surface area contributed by atoms with Crippen LogP contribution in [0.3, 0.4) is 0 Å². The van der Waals surface area contributed by atoms with E-state index in [0.717, 1.165) is 5.56 Å². The number of aliphatic hydroxyl groups excluding tert-OH is 3. The summed E-state index contributed by atoms with van der Waals surface area (Å²) in [6.45, 7) is 6.05. The summed E-state index contributed by atoms with van der Waals surface area (Å²) in [5.74, 6) is -5.00. The molecule has 11 nitrogen and oxygen atoms in total. The van der Waals surface area contributed by atoms with Crippen LogP contribution in [-0.4, -0.2) is 95.3 Å². The molecule has 36 heavy (non-hydrogen) atoms. The van der Waals surface area contributed by atoms with E-state index < -0.39 is 87.8 Å². The summed E-state index contributed by atoms with van der Waals surface area (Å²) in [6.07, 6.45) is -3.61. The number of aliphatic hydroxyl groups is 6. The molecule has 3 aliphatic heterocycles. The third kappa shape index (κ3) is 1.88. The Morgan fingerprint density at radius 2 is 1.72 bits per heavy atom. The van der Waals surface area contributed by atoms with Crippen molar-refractivity contribution in [3.05, 3.63) is 24.2 Å². The van der Waals surface area contributed by atoms with Crippen LogP contribution in [0.25, 0.3) is 0 Å². The quantitative estimate of drug-likeness (QED) is 0.200. The molecule has 0 amide bonds. The molecule has 3 aliphatic carbocycles. The maximum atomic E-state index is 12.6.